The highest BCUT2D eigenvalue weighted by atomic mass is 35.5. The van der Waals surface area contributed by atoms with Crippen LogP contribution in [-0.2, 0) is 33.1 Å². The Morgan fingerprint density at radius 3 is 1.63 bits per heavy atom. The number of hydrogen-bond acceptors (Lipinski definition) is 12. The fraction of sp³-hybridized carbons (Fsp3) is 0.0588. The molecule has 4 aromatic carbocycles. The summed E-state index contributed by atoms with van der Waals surface area (Å²) in [5.74, 6) is 0.806. The fourth-order valence-electron chi connectivity index (χ4n) is 5.00. The average molecular weight is 778 g/mol. The van der Waals surface area contributed by atoms with Crippen LogP contribution in [0.3, 0.4) is 0 Å². The number of para-hydroxylation sites is 1. The number of benzene rings is 4. The normalized spacial score (nSPS) is 11.8. The molecule has 0 aliphatic rings. The van der Waals surface area contributed by atoms with Crippen LogP contribution >= 0.6 is 23.2 Å². The number of aromatic nitrogens is 6. The standard InChI is InChI=1S/C34H26Cl2N8O6S2/c35-31-40-29(18-21-7-3-1-4-8-21)39-30(41-31)19-22-11-12-23(27(17-22)51(45,46)47)13-14-24-15-16-26(20-28(24)52(48,49)50)38-34-43-32(36)42-33(44-34)37-25-9-5-2-6-10-25/h1-17,20H,18-19H2,(H,45,46,47)(H,48,49,50)(H2,37,38,42,43,44)/b14-13+. The Bertz CT molecular complexity index is 2340. The van der Waals surface area contributed by atoms with Gasteiger partial charge in [0.1, 0.15) is 21.4 Å². The van der Waals surface area contributed by atoms with Gasteiger partial charge in [0.05, 0.1) is 0 Å². The Morgan fingerprint density at radius 1 is 0.538 bits per heavy atom. The van der Waals surface area contributed by atoms with Crippen LogP contribution in [0.25, 0.3) is 12.2 Å². The minimum atomic E-state index is -4.80. The molecule has 6 rings (SSSR count). The van der Waals surface area contributed by atoms with E-state index in [0.717, 1.165) is 11.6 Å². The summed E-state index contributed by atoms with van der Waals surface area (Å²) in [6.07, 6.45) is 3.03. The third-order valence-corrected chi connectivity index (χ3v) is 9.41. The van der Waals surface area contributed by atoms with Crippen molar-refractivity contribution < 1.29 is 25.9 Å². The van der Waals surface area contributed by atoms with Crippen LogP contribution < -0.4 is 10.6 Å². The molecule has 0 unspecified atom stereocenters. The molecule has 0 saturated heterocycles. The van der Waals surface area contributed by atoms with Crippen LogP contribution in [0.2, 0.25) is 10.6 Å². The van der Waals surface area contributed by atoms with Crippen LogP contribution in [-0.4, -0.2) is 55.8 Å². The summed E-state index contributed by atoms with van der Waals surface area (Å²) >= 11 is 12.2. The molecule has 6 aromatic rings. The molecular formula is C34H26Cl2N8O6S2. The molecule has 264 valence electrons. The van der Waals surface area contributed by atoms with E-state index >= 15 is 0 Å². The van der Waals surface area contributed by atoms with E-state index in [4.69, 9.17) is 23.2 Å². The Hall–Kier alpha value is -5.36. The maximum atomic E-state index is 12.5. The molecule has 0 aliphatic heterocycles. The maximum absolute atomic E-state index is 12.5. The Kier molecular flexibility index (Phi) is 10.8. The molecule has 0 fully saturated rings. The fourth-order valence-corrected chi connectivity index (χ4v) is 6.80. The van der Waals surface area contributed by atoms with E-state index in [-0.39, 0.29) is 51.5 Å². The maximum Gasteiger partial charge on any atom is 0.295 e. The van der Waals surface area contributed by atoms with E-state index in [9.17, 15) is 25.9 Å². The van der Waals surface area contributed by atoms with Crippen LogP contribution in [0.1, 0.15) is 33.9 Å². The SMILES string of the molecule is O=S(=O)(O)c1cc(Cc2nc(Cl)nc(Cc3ccccc3)n2)ccc1/C=C/c1ccc(Nc2nc(Cl)nc(Nc3ccccc3)n2)cc1S(=O)(=O)O. The van der Waals surface area contributed by atoms with Crippen molar-refractivity contribution in [1.29, 1.82) is 0 Å². The predicted octanol–water partition coefficient (Wildman–Crippen LogP) is 6.70. The van der Waals surface area contributed by atoms with Crippen molar-refractivity contribution in [3.05, 3.63) is 142 Å². The van der Waals surface area contributed by atoms with Crippen molar-refractivity contribution in [1.82, 2.24) is 29.9 Å². The number of nitrogens with zero attached hydrogens (tertiary/aromatic N) is 6. The Morgan fingerprint density at radius 2 is 1.04 bits per heavy atom. The van der Waals surface area contributed by atoms with Crippen molar-refractivity contribution in [2.45, 2.75) is 22.6 Å². The molecule has 0 saturated carbocycles. The molecule has 0 atom stereocenters. The van der Waals surface area contributed by atoms with Crippen LogP contribution in [0.15, 0.2) is 107 Å². The van der Waals surface area contributed by atoms with Gasteiger partial charge in [-0.3, -0.25) is 9.11 Å². The summed E-state index contributed by atoms with van der Waals surface area (Å²) in [7, 11) is -9.56. The highest BCUT2D eigenvalue weighted by Crippen LogP contribution is 2.27. The van der Waals surface area contributed by atoms with Crippen LogP contribution in [0, 0.1) is 0 Å². The van der Waals surface area contributed by atoms with Gasteiger partial charge in [0.15, 0.2) is 0 Å². The quantitative estimate of drug-likeness (QED) is 0.0753. The van der Waals surface area contributed by atoms with Gasteiger partial charge in [-0.05, 0) is 75.8 Å². The molecule has 14 nitrogen and oxygen atoms in total. The lowest BCUT2D eigenvalue weighted by Gasteiger charge is -2.11. The van der Waals surface area contributed by atoms with Gasteiger partial charge < -0.3 is 10.6 Å². The van der Waals surface area contributed by atoms with Crippen molar-refractivity contribution in [3.8, 4) is 0 Å². The average Bonchev–Trinajstić information content (AvgIpc) is 3.07. The number of hydrogen-bond donors (Lipinski definition) is 4. The van der Waals surface area contributed by atoms with Crippen LogP contribution in [0.4, 0.5) is 23.3 Å². The first kappa shape index (κ1) is 36.4. The topological polar surface area (TPSA) is 210 Å². The van der Waals surface area contributed by atoms with E-state index in [0.29, 0.717) is 23.5 Å². The zero-order valence-corrected chi connectivity index (χ0v) is 29.7. The summed E-state index contributed by atoms with van der Waals surface area (Å²) in [5.41, 5.74) is 2.30. The lowest BCUT2D eigenvalue weighted by Crippen LogP contribution is -2.07. The molecule has 0 bridgehead atoms. The highest BCUT2D eigenvalue weighted by molar-refractivity contribution is 7.86. The molecule has 4 N–H and O–H groups in total. The molecule has 0 aliphatic carbocycles. The summed E-state index contributed by atoms with van der Waals surface area (Å²) in [5, 5.41) is 5.65. The zero-order chi connectivity index (χ0) is 36.9. The first-order chi connectivity index (χ1) is 24.8. The van der Waals surface area contributed by atoms with Gasteiger partial charge in [-0.15, -0.1) is 0 Å². The molecule has 0 amide bonds. The number of nitrogens with one attached hydrogen (secondary N) is 2. The van der Waals surface area contributed by atoms with E-state index in [2.05, 4.69) is 40.5 Å². The van der Waals surface area contributed by atoms with E-state index in [1.165, 1.54) is 36.4 Å². The lowest BCUT2D eigenvalue weighted by atomic mass is 10.1. The monoisotopic (exact) mass is 776 g/mol. The summed E-state index contributed by atoms with van der Waals surface area (Å²) in [6, 6.07) is 26.8. The molecule has 0 radical (unpaired) electrons. The minimum absolute atomic E-state index is 0.00398. The van der Waals surface area contributed by atoms with Gasteiger partial charge in [0.2, 0.25) is 22.5 Å². The summed E-state index contributed by atoms with van der Waals surface area (Å²) < 4.78 is 70.0. The first-order valence-electron chi connectivity index (χ1n) is 15.1. The molecule has 0 spiro atoms. The van der Waals surface area contributed by atoms with E-state index in [1.807, 2.05) is 48.5 Å². The minimum Gasteiger partial charge on any atom is -0.324 e. The Balaban J connectivity index is 1.25. The smallest absolute Gasteiger partial charge is 0.295 e. The number of rotatable bonds is 12. The van der Waals surface area contributed by atoms with Gasteiger partial charge >= 0.3 is 0 Å². The highest BCUT2D eigenvalue weighted by Gasteiger charge is 2.19. The second-order valence-corrected chi connectivity index (χ2v) is 14.5. The molecule has 2 heterocycles. The molecule has 52 heavy (non-hydrogen) atoms. The van der Waals surface area contributed by atoms with Gasteiger partial charge in [0, 0.05) is 24.2 Å². The molecular weight excluding hydrogens is 751 g/mol. The second-order valence-electron chi connectivity index (χ2n) is 11.1. The van der Waals surface area contributed by atoms with Crippen molar-refractivity contribution >= 4 is 78.9 Å². The lowest BCUT2D eigenvalue weighted by molar-refractivity contribution is 0.480. The third kappa shape index (κ3) is 9.70. The van der Waals surface area contributed by atoms with Crippen molar-refractivity contribution in [2.24, 2.45) is 0 Å². The van der Waals surface area contributed by atoms with Gasteiger partial charge in [-0.25, -0.2) is 15.0 Å². The third-order valence-electron chi connectivity index (χ3n) is 7.25. The van der Waals surface area contributed by atoms with Gasteiger partial charge in [0.25, 0.3) is 20.2 Å². The van der Waals surface area contributed by atoms with E-state index < -0.39 is 30.0 Å². The molecule has 2 aromatic heterocycles. The summed E-state index contributed by atoms with van der Waals surface area (Å²) in [4.78, 5) is 24.2. The first-order valence-corrected chi connectivity index (χ1v) is 18.8. The van der Waals surface area contributed by atoms with Crippen LogP contribution in [0.5, 0.6) is 0 Å². The largest absolute Gasteiger partial charge is 0.324 e. The van der Waals surface area contributed by atoms with Gasteiger partial charge in [-0.2, -0.15) is 31.8 Å². The van der Waals surface area contributed by atoms with Crippen molar-refractivity contribution in [2.75, 3.05) is 10.6 Å². The number of anilines is 4. The predicted molar refractivity (Wildman–Crippen MR) is 196 cm³/mol. The zero-order valence-electron chi connectivity index (χ0n) is 26.6. The molecule has 18 heteroatoms. The number of halogens is 2. The Labute approximate surface area is 308 Å². The van der Waals surface area contributed by atoms with E-state index in [1.54, 1.807) is 18.2 Å². The van der Waals surface area contributed by atoms with Crippen molar-refractivity contribution in [3.63, 3.8) is 0 Å². The second kappa shape index (κ2) is 15.5. The summed E-state index contributed by atoms with van der Waals surface area (Å²) in [6.45, 7) is 0. The van der Waals surface area contributed by atoms with Gasteiger partial charge in [-0.1, -0.05) is 78.9 Å².